The topological polar surface area (TPSA) is 17.1 Å². The molecule has 0 fully saturated rings. The third-order valence-corrected chi connectivity index (χ3v) is 2.97. The summed E-state index contributed by atoms with van der Waals surface area (Å²) in [5.74, 6) is 0.410. The molecule has 0 N–H and O–H groups in total. The van der Waals surface area contributed by atoms with Crippen LogP contribution < -0.4 is 0 Å². The highest BCUT2D eigenvalue weighted by Gasteiger charge is 2.23. The summed E-state index contributed by atoms with van der Waals surface area (Å²) < 4.78 is 0. The van der Waals surface area contributed by atoms with Gasteiger partial charge < -0.3 is 4.79 Å². The zero-order chi connectivity index (χ0) is 11.7. The SMILES string of the molecule is C/C=C/CC/C=C/CC(C)C(C)(C)C=O. The lowest BCUT2D eigenvalue weighted by Gasteiger charge is -2.24. The molecule has 0 heterocycles. The summed E-state index contributed by atoms with van der Waals surface area (Å²) in [6.45, 7) is 8.17. The van der Waals surface area contributed by atoms with Crippen molar-refractivity contribution in [3.63, 3.8) is 0 Å². The number of rotatable bonds is 7. The molecule has 86 valence electrons. The van der Waals surface area contributed by atoms with Crippen LogP contribution in [0.5, 0.6) is 0 Å². The first-order chi connectivity index (χ1) is 7.04. The van der Waals surface area contributed by atoms with E-state index >= 15 is 0 Å². The fraction of sp³-hybridized carbons (Fsp3) is 0.643. The van der Waals surface area contributed by atoms with Crippen molar-refractivity contribution in [3.05, 3.63) is 24.3 Å². The van der Waals surface area contributed by atoms with Gasteiger partial charge in [-0.1, -0.05) is 45.1 Å². The molecule has 0 aliphatic heterocycles. The second-order valence-corrected chi connectivity index (χ2v) is 4.69. The van der Waals surface area contributed by atoms with E-state index in [1.807, 2.05) is 20.8 Å². The van der Waals surface area contributed by atoms with Crippen molar-refractivity contribution in [2.24, 2.45) is 11.3 Å². The van der Waals surface area contributed by atoms with Gasteiger partial charge in [-0.2, -0.15) is 0 Å². The molecule has 0 bridgehead atoms. The molecule has 0 aliphatic carbocycles. The molecular formula is C14H24O. The fourth-order valence-electron chi connectivity index (χ4n) is 1.20. The molecule has 0 saturated carbocycles. The molecule has 1 unspecified atom stereocenters. The molecule has 1 nitrogen and oxygen atoms in total. The lowest BCUT2D eigenvalue weighted by molar-refractivity contribution is -0.116. The van der Waals surface area contributed by atoms with E-state index in [1.165, 1.54) is 0 Å². The van der Waals surface area contributed by atoms with Crippen LogP contribution in [0.4, 0.5) is 0 Å². The van der Waals surface area contributed by atoms with E-state index < -0.39 is 0 Å². The average molecular weight is 208 g/mol. The Hall–Kier alpha value is -0.850. The van der Waals surface area contributed by atoms with Gasteiger partial charge in [-0.25, -0.2) is 0 Å². The number of unbranched alkanes of at least 4 members (excludes halogenated alkanes) is 1. The second-order valence-electron chi connectivity index (χ2n) is 4.69. The van der Waals surface area contributed by atoms with E-state index in [0.29, 0.717) is 5.92 Å². The Labute approximate surface area is 94.3 Å². The molecule has 1 heteroatoms. The van der Waals surface area contributed by atoms with Crippen LogP contribution in [0, 0.1) is 11.3 Å². The number of hydrogen-bond donors (Lipinski definition) is 0. The van der Waals surface area contributed by atoms with Crippen LogP contribution in [-0.4, -0.2) is 6.29 Å². The van der Waals surface area contributed by atoms with Gasteiger partial charge in [0.1, 0.15) is 6.29 Å². The van der Waals surface area contributed by atoms with Crippen molar-refractivity contribution in [3.8, 4) is 0 Å². The Bertz CT molecular complexity index is 223. The summed E-state index contributed by atoms with van der Waals surface area (Å²) in [6.07, 6.45) is 12.9. The van der Waals surface area contributed by atoms with Crippen LogP contribution in [0.25, 0.3) is 0 Å². The van der Waals surface area contributed by atoms with Crippen molar-refractivity contribution in [2.75, 3.05) is 0 Å². The third kappa shape index (κ3) is 6.27. The quantitative estimate of drug-likeness (QED) is 0.349. The van der Waals surface area contributed by atoms with Crippen LogP contribution in [0.2, 0.25) is 0 Å². The normalized spacial score (nSPS) is 14.9. The van der Waals surface area contributed by atoms with Gasteiger partial charge in [0.2, 0.25) is 0 Å². The summed E-state index contributed by atoms with van der Waals surface area (Å²) in [4.78, 5) is 10.8. The first-order valence-electron chi connectivity index (χ1n) is 5.77. The zero-order valence-electron chi connectivity index (χ0n) is 10.5. The van der Waals surface area contributed by atoms with Crippen LogP contribution in [0.3, 0.4) is 0 Å². The summed E-state index contributed by atoms with van der Waals surface area (Å²) in [6, 6.07) is 0. The van der Waals surface area contributed by atoms with Crippen molar-refractivity contribution in [1.29, 1.82) is 0 Å². The first-order valence-corrected chi connectivity index (χ1v) is 5.77. The maximum absolute atomic E-state index is 10.8. The minimum Gasteiger partial charge on any atom is -0.303 e. The fourth-order valence-corrected chi connectivity index (χ4v) is 1.20. The van der Waals surface area contributed by atoms with E-state index in [0.717, 1.165) is 25.5 Å². The maximum Gasteiger partial charge on any atom is 0.125 e. The van der Waals surface area contributed by atoms with Crippen LogP contribution in [0.15, 0.2) is 24.3 Å². The highest BCUT2D eigenvalue weighted by molar-refractivity contribution is 5.58. The van der Waals surface area contributed by atoms with Crippen molar-refractivity contribution in [1.82, 2.24) is 0 Å². The molecule has 0 aromatic carbocycles. The summed E-state index contributed by atoms with van der Waals surface area (Å²) in [5, 5.41) is 0. The minimum atomic E-state index is -0.201. The Balaban J connectivity index is 3.80. The summed E-state index contributed by atoms with van der Waals surface area (Å²) in [5.41, 5.74) is -0.201. The lowest BCUT2D eigenvalue weighted by atomic mass is 9.79. The van der Waals surface area contributed by atoms with Crippen molar-refractivity contribution < 1.29 is 4.79 Å². The second kappa shape index (κ2) is 7.44. The van der Waals surface area contributed by atoms with Crippen molar-refractivity contribution >= 4 is 6.29 Å². The molecule has 0 amide bonds. The Morgan fingerprint density at radius 1 is 1.13 bits per heavy atom. The van der Waals surface area contributed by atoms with E-state index in [-0.39, 0.29) is 5.41 Å². The molecule has 0 aromatic heterocycles. The summed E-state index contributed by atoms with van der Waals surface area (Å²) in [7, 11) is 0. The monoisotopic (exact) mass is 208 g/mol. The van der Waals surface area contributed by atoms with Crippen LogP contribution >= 0.6 is 0 Å². The standard InChI is InChI=1S/C14H24O/c1-5-6-7-8-9-10-11-13(2)14(3,4)12-15/h5-6,9-10,12-13H,7-8,11H2,1-4H3/b6-5+,10-9+. The highest BCUT2D eigenvalue weighted by atomic mass is 16.1. The van der Waals surface area contributed by atoms with Crippen LogP contribution in [-0.2, 0) is 4.79 Å². The minimum absolute atomic E-state index is 0.201. The summed E-state index contributed by atoms with van der Waals surface area (Å²) >= 11 is 0. The number of carbonyl (C=O) groups excluding carboxylic acids is 1. The van der Waals surface area contributed by atoms with Gasteiger partial charge in [0.05, 0.1) is 0 Å². The average Bonchev–Trinajstić information content (AvgIpc) is 2.22. The van der Waals surface area contributed by atoms with Crippen LogP contribution in [0.1, 0.15) is 47.0 Å². The molecule has 0 aromatic rings. The smallest absolute Gasteiger partial charge is 0.125 e. The molecule has 0 rings (SSSR count). The molecule has 0 saturated heterocycles. The molecular weight excluding hydrogens is 184 g/mol. The molecule has 0 spiro atoms. The van der Waals surface area contributed by atoms with Gasteiger partial charge in [0.15, 0.2) is 0 Å². The number of aldehydes is 1. The third-order valence-electron chi connectivity index (χ3n) is 2.97. The zero-order valence-corrected chi connectivity index (χ0v) is 10.5. The van der Waals surface area contributed by atoms with Gasteiger partial charge in [-0.15, -0.1) is 0 Å². The number of allylic oxidation sites excluding steroid dienone is 4. The molecule has 15 heavy (non-hydrogen) atoms. The Morgan fingerprint density at radius 2 is 1.73 bits per heavy atom. The van der Waals surface area contributed by atoms with E-state index in [9.17, 15) is 4.79 Å². The Morgan fingerprint density at radius 3 is 2.27 bits per heavy atom. The van der Waals surface area contributed by atoms with Gasteiger partial charge >= 0.3 is 0 Å². The Kier molecular flexibility index (Phi) is 7.02. The first kappa shape index (κ1) is 14.2. The highest BCUT2D eigenvalue weighted by Crippen LogP contribution is 2.26. The van der Waals surface area contributed by atoms with E-state index in [2.05, 4.69) is 31.2 Å². The lowest BCUT2D eigenvalue weighted by Crippen LogP contribution is -2.22. The number of hydrogen-bond acceptors (Lipinski definition) is 1. The molecule has 0 radical (unpaired) electrons. The van der Waals surface area contributed by atoms with E-state index in [1.54, 1.807) is 0 Å². The van der Waals surface area contributed by atoms with Gasteiger partial charge in [-0.05, 0) is 32.1 Å². The predicted octanol–water partition coefficient (Wildman–Crippen LogP) is 4.15. The maximum atomic E-state index is 10.8. The largest absolute Gasteiger partial charge is 0.303 e. The molecule has 1 atom stereocenters. The molecule has 0 aliphatic rings. The van der Waals surface area contributed by atoms with Gasteiger partial charge in [0, 0.05) is 5.41 Å². The predicted molar refractivity (Wildman–Crippen MR) is 66.8 cm³/mol. The van der Waals surface area contributed by atoms with Gasteiger partial charge in [-0.3, -0.25) is 0 Å². The van der Waals surface area contributed by atoms with E-state index in [4.69, 9.17) is 0 Å². The number of carbonyl (C=O) groups is 1. The van der Waals surface area contributed by atoms with Crippen molar-refractivity contribution in [2.45, 2.75) is 47.0 Å². The van der Waals surface area contributed by atoms with Gasteiger partial charge in [0.25, 0.3) is 0 Å².